The van der Waals surface area contributed by atoms with Gasteiger partial charge in [-0.1, -0.05) is 43.5 Å². The molecule has 0 spiro atoms. The van der Waals surface area contributed by atoms with Crippen LogP contribution in [0.15, 0.2) is 24.3 Å². The summed E-state index contributed by atoms with van der Waals surface area (Å²) in [7, 11) is 4.12. The van der Waals surface area contributed by atoms with E-state index in [1.807, 2.05) is 0 Å². The van der Waals surface area contributed by atoms with Crippen molar-refractivity contribution in [1.29, 1.82) is 0 Å². The van der Waals surface area contributed by atoms with Crippen molar-refractivity contribution in [3.05, 3.63) is 35.4 Å². The molecule has 0 aromatic heterocycles. The van der Waals surface area contributed by atoms with Crippen molar-refractivity contribution in [3.8, 4) is 0 Å². The second kappa shape index (κ2) is 8.03. The van der Waals surface area contributed by atoms with Crippen LogP contribution in [0, 0.1) is 0 Å². The average Bonchev–Trinajstić information content (AvgIpc) is 2.47. The highest BCUT2D eigenvalue weighted by molar-refractivity contribution is 5.74. The van der Waals surface area contributed by atoms with Gasteiger partial charge in [-0.15, -0.1) is 0 Å². The summed E-state index contributed by atoms with van der Waals surface area (Å²) < 4.78 is 0. The number of carbonyl (C=O) groups excluding carboxylic acids is 1. The topological polar surface area (TPSA) is 44.4 Å². The Hall–Kier alpha value is -1.55. The first-order valence-corrected chi connectivity index (χ1v) is 7.90. The molecule has 1 aliphatic rings. The van der Waals surface area contributed by atoms with Gasteiger partial charge in [-0.3, -0.25) is 0 Å². The number of hydrogen-bond donors (Lipinski definition) is 2. The molecule has 0 saturated heterocycles. The first-order chi connectivity index (χ1) is 10.1. The van der Waals surface area contributed by atoms with Crippen molar-refractivity contribution < 1.29 is 4.79 Å². The summed E-state index contributed by atoms with van der Waals surface area (Å²) in [5.41, 5.74) is 2.42. The summed E-state index contributed by atoms with van der Waals surface area (Å²) in [5, 5.41) is 6.02. The van der Waals surface area contributed by atoms with Gasteiger partial charge in [0.15, 0.2) is 0 Å². The summed E-state index contributed by atoms with van der Waals surface area (Å²) >= 11 is 0. The average molecular weight is 289 g/mol. The minimum atomic E-state index is -0.0423. The van der Waals surface area contributed by atoms with Crippen molar-refractivity contribution in [2.75, 3.05) is 14.1 Å². The first-order valence-electron chi connectivity index (χ1n) is 7.90. The van der Waals surface area contributed by atoms with E-state index in [1.54, 1.807) is 0 Å². The third kappa shape index (κ3) is 5.76. The maximum absolute atomic E-state index is 11.9. The SMILES string of the molecule is CN(C)Cc1ccc(CNC(=O)NC2CCCCC2)cc1. The van der Waals surface area contributed by atoms with E-state index >= 15 is 0 Å². The van der Waals surface area contributed by atoms with Gasteiger partial charge in [0.1, 0.15) is 0 Å². The smallest absolute Gasteiger partial charge is 0.315 e. The van der Waals surface area contributed by atoms with Gasteiger partial charge in [-0.25, -0.2) is 4.79 Å². The number of urea groups is 1. The Morgan fingerprint density at radius 2 is 1.71 bits per heavy atom. The minimum absolute atomic E-state index is 0.0423. The van der Waals surface area contributed by atoms with Crippen LogP contribution in [-0.4, -0.2) is 31.1 Å². The highest BCUT2D eigenvalue weighted by Gasteiger charge is 2.15. The second-order valence-electron chi connectivity index (χ2n) is 6.22. The second-order valence-corrected chi connectivity index (χ2v) is 6.22. The highest BCUT2D eigenvalue weighted by atomic mass is 16.2. The molecule has 4 heteroatoms. The predicted octanol–water partition coefficient (Wildman–Crippen LogP) is 2.88. The summed E-state index contributed by atoms with van der Waals surface area (Å²) in [6.07, 6.45) is 6.01. The van der Waals surface area contributed by atoms with Crippen molar-refractivity contribution >= 4 is 6.03 Å². The molecule has 0 heterocycles. The van der Waals surface area contributed by atoms with E-state index < -0.39 is 0 Å². The van der Waals surface area contributed by atoms with Crippen LogP contribution in [0.25, 0.3) is 0 Å². The number of hydrogen-bond acceptors (Lipinski definition) is 2. The molecular formula is C17H27N3O. The molecule has 2 rings (SSSR count). The fraction of sp³-hybridized carbons (Fsp3) is 0.588. The van der Waals surface area contributed by atoms with Gasteiger partial charge in [-0.2, -0.15) is 0 Å². The molecule has 116 valence electrons. The Bertz CT molecular complexity index is 436. The Balaban J connectivity index is 1.73. The summed E-state index contributed by atoms with van der Waals surface area (Å²) in [6, 6.07) is 8.73. The molecule has 0 aliphatic heterocycles. The minimum Gasteiger partial charge on any atom is -0.335 e. The molecule has 0 atom stereocenters. The highest BCUT2D eigenvalue weighted by Crippen LogP contribution is 2.17. The Kier molecular flexibility index (Phi) is 6.05. The van der Waals surface area contributed by atoms with Gasteiger partial charge < -0.3 is 15.5 Å². The molecule has 1 aliphatic carbocycles. The molecule has 0 bridgehead atoms. The number of carbonyl (C=O) groups is 1. The van der Waals surface area contributed by atoms with Crippen LogP contribution in [0.1, 0.15) is 43.2 Å². The van der Waals surface area contributed by atoms with Crippen molar-refractivity contribution in [1.82, 2.24) is 15.5 Å². The van der Waals surface area contributed by atoms with Crippen molar-refractivity contribution in [2.24, 2.45) is 0 Å². The lowest BCUT2D eigenvalue weighted by Gasteiger charge is -2.22. The van der Waals surface area contributed by atoms with E-state index in [2.05, 4.69) is 53.9 Å². The van der Waals surface area contributed by atoms with Gasteiger partial charge in [0, 0.05) is 19.1 Å². The standard InChI is InChI=1S/C17H27N3O/c1-20(2)13-15-10-8-14(9-11-15)12-18-17(21)19-16-6-4-3-5-7-16/h8-11,16H,3-7,12-13H2,1-2H3,(H2,18,19,21). The van der Waals surface area contributed by atoms with Crippen molar-refractivity contribution in [3.63, 3.8) is 0 Å². The molecule has 0 unspecified atom stereocenters. The lowest BCUT2D eigenvalue weighted by Crippen LogP contribution is -2.42. The lowest BCUT2D eigenvalue weighted by molar-refractivity contribution is 0.232. The van der Waals surface area contributed by atoms with Crippen LogP contribution in [0.4, 0.5) is 4.79 Å². The number of rotatable bonds is 5. The van der Waals surface area contributed by atoms with Gasteiger partial charge in [0.25, 0.3) is 0 Å². The third-order valence-electron chi connectivity index (χ3n) is 3.92. The summed E-state index contributed by atoms with van der Waals surface area (Å²) in [5.74, 6) is 0. The Morgan fingerprint density at radius 1 is 1.10 bits per heavy atom. The van der Waals surface area contributed by atoms with Gasteiger partial charge in [0.05, 0.1) is 0 Å². The fourth-order valence-corrected chi connectivity index (χ4v) is 2.79. The number of nitrogens with zero attached hydrogens (tertiary/aromatic N) is 1. The van der Waals surface area contributed by atoms with E-state index in [-0.39, 0.29) is 6.03 Å². The van der Waals surface area contributed by atoms with Gasteiger partial charge in [-0.05, 0) is 38.1 Å². The predicted molar refractivity (Wildman–Crippen MR) is 86.1 cm³/mol. The quantitative estimate of drug-likeness (QED) is 0.875. The van der Waals surface area contributed by atoms with Crippen LogP contribution < -0.4 is 10.6 Å². The summed E-state index contributed by atoms with van der Waals surface area (Å²) in [4.78, 5) is 14.0. The number of benzene rings is 1. The fourth-order valence-electron chi connectivity index (χ4n) is 2.79. The van der Waals surface area contributed by atoms with E-state index in [1.165, 1.54) is 24.8 Å². The normalized spacial score (nSPS) is 16.0. The first kappa shape index (κ1) is 15.8. The number of nitrogens with one attached hydrogen (secondary N) is 2. The third-order valence-corrected chi connectivity index (χ3v) is 3.92. The summed E-state index contributed by atoms with van der Waals surface area (Å²) in [6.45, 7) is 1.52. The molecule has 0 radical (unpaired) electrons. The molecule has 1 fully saturated rings. The van der Waals surface area contributed by atoms with Crippen LogP contribution in [0.2, 0.25) is 0 Å². The molecule has 1 aromatic rings. The van der Waals surface area contributed by atoms with Gasteiger partial charge >= 0.3 is 6.03 Å². The van der Waals surface area contributed by atoms with Crippen LogP contribution >= 0.6 is 0 Å². The van der Waals surface area contributed by atoms with Gasteiger partial charge in [0.2, 0.25) is 0 Å². The van der Waals surface area contributed by atoms with E-state index in [0.29, 0.717) is 12.6 Å². The Labute approximate surface area is 127 Å². The zero-order valence-electron chi connectivity index (χ0n) is 13.2. The molecule has 1 aromatic carbocycles. The largest absolute Gasteiger partial charge is 0.335 e. The lowest BCUT2D eigenvalue weighted by atomic mass is 9.96. The van der Waals surface area contributed by atoms with E-state index in [0.717, 1.165) is 24.9 Å². The zero-order valence-corrected chi connectivity index (χ0v) is 13.2. The molecule has 1 saturated carbocycles. The maximum Gasteiger partial charge on any atom is 0.315 e. The zero-order chi connectivity index (χ0) is 15.1. The van der Waals surface area contributed by atoms with Crippen LogP contribution in [-0.2, 0) is 13.1 Å². The molecular weight excluding hydrogens is 262 g/mol. The van der Waals surface area contributed by atoms with Crippen LogP contribution in [0.3, 0.4) is 0 Å². The van der Waals surface area contributed by atoms with E-state index in [9.17, 15) is 4.79 Å². The Morgan fingerprint density at radius 3 is 2.33 bits per heavy atom. The molecule has 2 amide bonds. The monoisotopic (exact) mass is 289 g/mol. The molecule has 2 N–H and O–H groups in total. The van der Waals surface area contributed by atoms with Crippen LogP contribution in [0.5, 0.6) is 0 Å². The number of amides is 2. The molecule has 21 heavy (non-hydrogen) atoms. The van der Waals surface area contributed by atoms with Crippen molar-refractivity contribution in [2.45, 2.75) is 51.2 Å². The molecule has 4 nitrogen and oxygen atoms in total. The van der Waals surface area contributed by atoms with E-state index in [4.69, 9.17) is 0 Å². The maximum atomic E-state index is 11.9.